The number of hydrogen-bond acceptors (Lipinski definition) is 4. The Morgan fingerprint density at radius 2 is 2.05 bits per heavy atom. The summed E-state index contributed by atoms with van der Waals surface area (Å²) in [5, 5.41) is 0. The number of para-hydroxylation sites is 1. The molecule has 1 aromatic carbocycles. The summed E-state index contributed by atoms with van der Waals surface area (Å²) >= 11 is 0. The van der Waals surface area contributed by atoms with E-state index in [-0.39, 0.29) is 24.4 Å². The van der Waals surface area contributed by atoms with Crippen LogP contribution in [-0.4, -0.2) is 32.3 Å². The van der Waals surface area contributed by atoms with E-state index in [1.54, 1.807) is 19.1 Å². The largest absolute Gasteiger partial charge is 0.462 e. The van der Waals surface area contributed by atoms with Crippen molar-refractivity contribution in [3.8, 4) is 0 Å². The second-order valence-electron chi connectivity index (χ2n) is 4.25. The summed E-state index contributed by atoms with van der Waals surface area (Å²) in [6.45, 7) is 1.62. The summed E-state index contributed by atoms with van der Waals surface area (Å²) < 4.78 is 41.5. The standard InChI is InChI=1S/C13H17F3N2O2/c1-3-20-12(19)9-5-4-6-10(11(9)17)18(2)8-7-13(14,15)16/h4-6H,3,7-8,17H2,1-2H3. The van der Waals surface area contributed by atoms with Crippen molar-refractivity contribution in [2.45, 2.75) is 19.5 Å². The molecule has 1 aromatic rings. The predicted molar refractivity (Wildman–Crippen MR) is 70.8 cm³/mol. The van der Waals surface area contributed by atoms with Crippen LogP contribution in [0.4, 0.5) is 24.5 Å². The molecule has 7 heteroatoms. The first kappa shape index (κ1) is 16.1. The zero-order chi connectivity index (χ0) is 15.3. The zero-order valence-corrected chi connectivity index (χ0v) is 11.3. The number of benzene rings is 1. The number of anilines is 2. The number of rotatable bonds is 5. The molecule has 0 radical (unpaired) electrons. The molecule has 2 N–H and O–H groups in total. The van der Waals surface area contributed by atoms with Crippen LogP contribution in [0.25, 0.3) is 0 Å². The lowest BCUT2D eigenvalue weighted by molar-refractivity contribution is -0.132. The van der Waals surface area contributed by atoms with Gasteiger partial charge >= 0.3 is 12.1 Å². The van der Waals surface area contributed by atoms with Gasteiger partial charge < -0.3 is 15.4 Å². The van der Waals surface area contributed by atoms with E-state index in [1.807, 2.05) is 0 Å². The Balaban J connectivity index is 2.90. The number of ether oxygens (including phenoxy) is 1. The van der Waals surface area contributed by atoms with Gasteiger partial charge in [0.15, 0.2) is 0 Å². The molecular weight excluding hydrogens is 273 g/mol. The minimum atomic E-state index is -4.23. The van der Waals surface area contributed by atoms with Gasteiger partial charge in [-0.1, -0.05) is 6.07 Å². The Hall–Kier alpha value is -1.92. The maximum atomic E-state index is 12.2. The molecule has 112 valence electrons. The van der Waals surface area contributed by atoms with Crippen LogP contribution in [0.2, 0.25) is 0 Å². The molecule has 0 aromatic heterocycles. The average molecular weight is 290 g/mol. The Kier molecular flexibility index (Phi) is 5.24. The van der Waals surface area contributed by atoms with Gasteiger partial charge in [-0.2, -0.15) is 13.2 Å². The third-order valence-electron chi connectivity index (χ3n) is 2.72. The van der Waals surface area contributed by atoms with Crippen molar-refractivity contribution in [3.63, 3.8) is 0 Å². The summed E-state index contributed by atoms with van der Waals surface area (Å²) in [6.07, 6.45) is -5.19. The Labute approximate surface area is 115 Å². The average Bonchev–Trinajstić information content (AvgIpc) is 2.35. The molecule has 0 amide bonds. The second-order valence-corrected chi connectivity index (χ2v) is 4.25. The number of nitrogens with zero attached hydrogens (tertiary/aromatic N) is 1. The molecule has 0 aliphatic heterocycles. The van der Waals surface area contributed by atoms with Gasteiger partial charge in [0.2, 0.25) is 0 Å². The molecule has 0 atom stereocenters. The molecular formula is C13H17F3N2O2. The topological polar surface area (TPSA) is 55.6 Å². The van der Waals surface area contributed by atoms with E-state index in [4.69, 9.17) is 10.5 Å². The van der Waals surface area contributed by atoms with E-state index in [2.05, 4.69) is 0 Å². The highest BCUT2D eigenvalue weighted by molar-refractivity contribution is 5.98. The van der Waals surface area contributed by atoms with Gasteiger partial charge in [-0.3, -0.25) is 0 Å². The van der Waals surface area contributed by atoms with Gasteiger partial charge in [0.25, 0.3) is 0 Å². The van der Waals surface area contributed by atoms with Crippen molar-refractivity contribution in [3.05, 3.63) is 23.8 Å². The molecule has 0 aliphatic carbocycles. The number of hydrogen-bond donors (Lipinski definition) is 1. The van der Waals surface area contributed by atoms with Crippen LogP contribution < -0.4 is 10.6 Å². The van der Waals surface area contributed by atoms with Crippen molar-refractivity contribution in [2.75, 3.05) is 30.8 Å². The predicted octanol–water partition coefficient (Wildman–Crippen LogP) is 2.83. The van der Waals surface area contributed by atoms with E-state index in [0.29, 0.717) is 5.69 Å². The van der Waals surface area contributed by atoms with E-state index in [1.165, 1.54) is 18.0 Å². The van der Waals surface area contributed by atoms with Crippen LogP contribution >= 0.6 is 0 Å². The minimum absolute atomic E-state index is 0.121. The fraction of sp³-hybridized carbons (Fsp3) is 0.462. The first-order valence-electron chi connectivity index (χ1n) is 6.09. The molecule has 0 bridgehead atoms. The molecule has 1 rings (SSSR count). The first-order chi connectivity index (χ1) is 9.26. The van der Waals surface area contributed by atoms with Gasteiger partial charge in [0.1, 0.15) is 0 Å². The molecule has 20 heavy (non-hydrogen) atoms. The monoisotopic (exact) mass is 290 g/mol. The number of esters is 1. The van der Waals surface area contributed by atoms with Crippen molar-refractivity contribution in [2.24, 2.45) is 0 Å². The maximum Gasteiger partial charge on any atom is 0.390 e. The molecule has 0 saturated carbocycles. The lowest BCUT2D eigenvalue weighted by atomic mass is 10.1. The quantitative estimate of drug-likeness (QED) is 0.669. The number of carbonyl (C=O) groups excluding carboxylic acids is 1. The van der Waals surface area contributed by atoms with Crippen LogP contribution in [0.3, 0.4) is 0 Å². The van der Waals surface area contributed by atoms with Crippen molar-refractivity contribution in [1.82, 2.24) is 0 Å². The van der Waals surface area contributed by atoms with Crippen molar-refractivity contribution >= 4 is 17.3 Å². The van der Waals surface area contributed by atoms with Crippen LogP contribution in [0.1, 0.15) is 23.7 Å². The smallest absolute Gasteiger partial charge is 0.390 e. The van der Waals surface area contributed by atoms with Gasteiger partial charge in [-0.05, 0) is 19.1 Å². The van der Waals surface area contributed by atoms with Crippen molar-refractivity contribution in [1.29, 1.82) is 0 Å². The number of halogens is 3. The van der Waals surface area contributed by atoms with Gasteiger partial charge in [0, 0.05) is 13.6 Å². The molecule has 0 aliphatic rings. The SMILES string of the molecule is CCOC(=O)c1cccc(N(C)CCC(F)(F)F)c1N. The van der Waals surface area contributed by atoms with Crippen LogP contribution in [0, 0.1) is 0 Å². The Bertz CT molecular complexity index is 475. The number of nitrogens with two attached hydrogens (primary N) is 1. The highest BCUT2D eigenvalue weighted by atomic mass is 19.4. The third kappa shape index (κ3) is 4.32. The normalized spacial score (nSPS) is 11.2. The molecule has 0 spiro atoms. The first-order valence-corrected chi connectivity index (χ1v) is 6.09. The molecule has 0 saturated heterocycles. The second kappa shape index (κ2) is 6.49. The molecule has 0 unspecified atom stereocenters. The van der Waals surface area contributed by atoms with Crippen LogP contribution in [-0.2, 0) is 4.74 Å². The Morgan fingerprint density at radius 1 is 1.40 bits per heavy atom. The lowest BCUT2D eigenvalue weighted by Gasteiger charge is -2.22. The summed E-state index contributed by atoms with van der Waals surface area (Å²) in [7, 11) is 1.49. The highest BCUT2D eigenvalue weighted by Crippen LogP contribution is 2.28. The van der Waals surface area contributed by atoms with E-state index in [0.717, 1.165) is 0 Å². The van der Waals surface area contributed by atoms with E-state index in [9.17, 15) is 18.0 Å². The fourth-order valence-electron chi connectivity index (χ4n) is 1.69. The lowest BCUT2D eigenvalue weighted by Crippen LogP contribution is -2.25. The van der Waals surface area contributed by atoms with Gasteiger partial charge in [-0.25, -0.2) is 4.79 Å². The van der Waals surface area contributed by atoms with Crippen LogP contribution in [0.5, 0.6) is 0 Å². The van der Waals surface area contributed by atoms with Crippen molar-refractivity contribution < 1.29 is 22.7 Å². The van der Waals surface area contributed by atoms with E-state index >= 15 is 0 Å². The highest BCUT2D eigenvalue weighted by Gasteiger charge is 2.27. The fourth-order valence-corrected chi connectivity index (χ4v) is 1.69. The minimum Gasteiger partial charge on any atom is -0.462 e. The number of nitrogen functional groups attached to an aromatic ring is 1. The third-order valence-corrected chi connectivity index (χ3v) is 2.72. The number of alkyl halides is 3. The molecule has 0 fully saturated rings. The Morgan fingerprint density at radius 3 is 2.60 bits per heavy atom. The van der Waals surface area contributed by atoms with Gasteiger partial charge in [0.05, 0.1) is 30.0 Å². The maximum absolute atomic E-state index is 12.2. The summed E-state index contributed by atoms with van der Waals surface area (Å²) in [5.74, 6) is -0.587. The zero-order valence-electron chi connectivity index (χ0n) is 11.3. The van der Waals surface area contributed by atoms with Gasteiger partial charge in [-0.15, -0.1) is 0 Å². The molecule has 0 heterocycles. The van der Waals surface area contributed by atoms with E-state index < -0.39 is 18.6 Å². The number of carbonyl (C=O) groups is 1. The summed E-state index contributed by atoms with van der Waals surface area (Å²) in [4.78, 5) is 13.0. The summed E-state index contributed by atoms with van der Waals surface area (Å²) in [6, 6.07) is 4.60. The van der Waals surface area contributed by atoms with Crippen LogP contribution in [0.15, 0.2) is 18.2 Å². The summed E-state index contributed by atoms with van der Waals surface area (Å²) in [5.41, 5.74) is 6.48. The molecule has 4 nitrogen and oxygen atoms in total.